The van der Waals surface area contributed by atoms with Crippen LogP contribution in [0.1, 0.15) is 45.4 Å². The Morgan fingerprint density at radius 2 is 2.18 bits per heavy atom. The largest absolute Gasteiger partial charge is 0.441 e. The van der Waals surface area contributed by atoms with Gasteiger partial charge in [0.05, 0.1) is 5.92 Å². The highest BCUT2D eigenvalue weighted by molar-refractivity contribution is 5.83. The highest BCUT2D eigenvalue weighted by atomic mass is 16.6. The third kappa shape index (κ3) is 2.18. The van der Waals surface area contributed by atoms with E-state index in [4.69, 9.17) is 4.74 Å². The molecule has 0 spiro atoms. The number of fused-ring (bicyclic) bond motifs is 6. The highest BCUT2D eigenvalue weighted by Crippen LogP contribution is 2.45. The molecule has 4 heterocycles. The first kappa shape index (κ1) is 14.2. The van der Waals surface area contributed by atoms with Crippen molar-refractivity contribution in [3.63, 3.8) is 0 Å². The number of hydrogen-bond acceptors (Lipinski definition) is 4. The van der Waals surface area contributed by atoms with Gasteiger partial charge >= 0.3 is 5.97 Å². The molecule has 5 nitrogen and oxygen atoms in total. The van der Waals surface area contributed by atoms with Crippen LogP contribution in [0.25, 0.3) is 0 Å². The van der Waals surface area contributed by atoms with E-state index in [1.165, 1.54) is 19.8 Å². The molecule has 2 bridgehead atoms. The van der Waals surface area contributed by atoms with E-state index in [0.717, 1.165) is 44.5 Å². The fourth-order valence-corrected chi connectivity index (χ4v) is 4.88. The zero-order chi connectivity index (χ0) is 15.3. The molecule has 22 heavy (non-hydrogen) atoms. The second kappa shape index (κ2) is 5.37. The van der Waals surface area contributed by atoms with Gasteiger partial charge in [0.25, 0.3) is 0 Å². The smallest absolute Gasteiger partial charge is 0.304 e. The van der Waals surface area contributed by atoms with Crippen molar-refractivity contribution in [2.24, 2.45) is 11.8 Å². The van der Waals surface area contributed by atoms with Gasteiger partial charge in [0.2, 0.25) is 5.91 Å². The van der Waals surface area contributed by atoms with E-state index in [0.29, 0.717) is 12.0 Å². The standard InChI is InChI=1S/C17H24N2O3/c1-11(20)22-16-7-4-6-14-12-9-13(17(21)19(14)16)15-5-2-3-8-18(15)10-12/h6,12-13,15-16H,2-5,7-10H2,1H3/t12-,13+,15-,16-/m1/s1. The Kier molecular flexibility index (Phi) is 3.48. The molecule has 120 valence electrons. The summed E-state index contributed by atoms with van der Waals surface area (Å²) in [6.45, 7) is 3.62. The molecule has 3 fully saturated rings. The number of amides is 1. The first-order valence-corrected chi connectivity index (χ1v) is 8.59. The predicted octanol–water partition coefficient (Wildman–Crippen LogP) is 1.89. The Bertz CT molecular complexity index is 530. The maximum absolute atomic E-state index is 13.1. The maximum Gasteiger partial charge on any atom is 0.304 e. The number of piperidine rings is 3. The van der Waals surface area contributed by atoms with Crippen LogP contribution in [0.4, 0.5) is 0 Å². The lowest BCUT2D eigenvalue weighted by Crippen LogP contribution is -2.62. The average Bonchev–Trinajstić information content (AvgIpc) is 2.51. The zero-order valence-corrected chi connectivity index (χ0v) is 13.2. The van der Waals surface area contributed by atoms with E-state index in [1.54, 1.807) is 0 Å². The van der Waals surface area contributed by atoms with Crippen LogP contribution in [-0.2, 0) is 14.3 Å². The Morgan fingerprint density at radius 1 is 1.32 bits per heavy atom. The molecule has 0 unspecified atom stereocenters. The molecule has 0 aliphatic carbocycles. The normalized spacial score (nSPS) is 38.0. The molecule has 0 aromatic carbocycles. The first-order chi connectivity index (χ1) is 10.6. The quantitative estimate of drug-likeness (QED) is 0.694. The van der Waals surface area contributed by atoms with E-state index in [9.17, 15) is 9.59 Å². The van der Waals surface area contributed by atoms with Crippen LogP contribution in [0.15, 0.2) is 11.8 Å². The van der Waals surface area contributed by atoms with Gasteiger partial charge in [0.1, 0.15) is 0 Å². The summed E-state index contributed by atoms with van der Waals surface area (Å²) in [6.07, 6.45) is 8.02. The lowest BCUT2D eigenvalue weighted by atomic mass is 9.73. The molecule has 4 rings (SSSR count). The molecular weight excluding hydrogens is 280 g/mol. The molecule has 5 heteroatoms. The van der Waals surface area contributed by atoms with Crippen molar-refractivity contribution in [1.29, 1.82) is 0 Å². The summed E-state index contributed by atoms with van der Waals surface area (Å²) < 4.78 is 5.44. The van der Waals surface area contributed by atoms with Crippen LogP contribution in [0.2, 0.25) is 0 Å². The summed E-state index contributed by atoms with van der Waals surface area (Å²) in [7, 11) is 0. The number of carbonyl (C=O) groups is 2. The molecule has 4 atom stereocenters. The van der Waals surface area contributed by atoms with Crippen molar-refractivity contribution >= 4 is 11.9 Å². The van der Waals surface area contributed by atoms with Crippen molar-refractivity contribution in [3.05, 3.63) is 11.8 Å². The first-order valence-electron chi connectivity index (χ1n) is 8.59. The topological polar surface area (TPSA) is 49.9 Å². The van der Waals surface area contributed by atoms with E-state index >= 15 is 0 Å². The molecule has 0 N–H and O–H groups in total. The third-order valence-corrected chi connectivity index (χ3v) is 5.73. The van der Waals surface area contributed by atoms with Crippen LogP contribution in [0, 0.1) is 11.8 Å². The fraction of sp³-hybridized carbons (Fsp3) is 0.765. The number of esters is 1. The van der Waals surface area contributed by atoms with Crippen molar-refractivity contribution in [1.82, 2.24) is 9.80 Å². The SMILES string of the molecule is CC(=O)O[C@@H]1CCC=C2[C@@H]3C[C@H](C(=O)N21)[C@H]1CCCCN1C3. The summed E-state index contributed by atoms with van der Waals surface area (Å²) in [5.41, 5.74) is 1.11. The van der Waals surface area contributed by atoms with E-state index in [2.05, 4.69) is 11.0 Å². The van der Waals surface area contributed by atoms with Gasteiger partial charge in [-0.3, -0.25) is 19.4 Å². The van der Waals surface area contributed by atoms with Crippen molar-refractivity contribution in [2.45, 2.75) is 57.7 Å². The summed E-state index contributed by atoms with van der Waals surface area (Å²) in [5.74, 6) is 0.405. The summed E-state index contributed by atoms with van der Waals surface area (Å²) in [4.78, 5) is 28.8. The van der Waals surface area contributed by atoms with Crippen LogP contribution in [0.5, 0.6) is 0 Å². The van der Waals surface area contributed by atoms with Gasteiger partial charge in [-0.05, 0) is 32.2 Å². The van der Waals surface area contributed by atoms with Gasteiger partial charge in [-0.1, -0.05) is 12.5 Å². The molecule has 0 aromatic heterocycles. The van der Waals surface area contributed by atoms with Gasteiger partial charge in [-0.15, -0.1) is 0 Å². The van der Waals surface area contributed by atoms with E-state index in [-0.39, 0.29) is 24.0 Å². The minimum atomic E-state index is -0.384. The van der Waals surface area contributed by atoms with Crippen molar-refractivity contribution < 1.29 is 14.3 Å². The molecule has 0 saturated carbocycles. The molecule has 4 aliphatic rings. The molecule has 0 aromatic rings. The van der Waals surface area contributed by atoms with Gasteiger partial charge in [-0.2, -0.15) is 0 Å². The lowest BCUT2D eigenvalue weighted by Gasteiger charge is -2.54. The molecule has 4 aliphatic heterocycles. The van der Waals surface area contributed by atoms with Crippen LogP contribution in [-0.4, -0.2) is 47.0 Å². The minimum Gasteiger partial charge on any atom is -0.441 e. The summed E-state index contributed by atoms with van der Waals surface area (Å²) in [6, 6.07) is 0.402. The number of nitrogens with zero attached hydrogens (tertiary/aromatic N) is 2. The Morgan fingerprint density at radius 3 is 3.00 bits per heavy atom. The highest BCUT2D eigenvalue weighted by Gasteiger charge is 2.51. The Labute approximate surface area is 131 Å². The Hall–Kier alpha value is -1.36. The number of hydrogen-bond donors (Lipinski definition) is 0. The van der Waals surface area contributed by atoms with Gasteiger partial charge in [-0.25, -0.2) is 0 Å². The number of ether oxygens (including phenoxy) is 1. The van der Waals surface area contributed by atoms with Gasteiger partial charge in [0.15, 0.2) is 6.23 Å². The number of carbonyl (C=O) groups excluding carboxylic acids is 2. The zero-order valence-electron chi connectivity index (χ0n) is 13.2. The van der Waals surface area contributed by atoms with E-state index < -0.39 is 0 Å². The van der Waals surface area contributed by atoms with Crippen LogP contribution >= 0.6 is 0 Å². The van der Waals surface area contributed by atoms with Gasteiger partial charge in [0, 0.05) is 37.5 Å². The average molecular weight is 304 g/mol. The fourth-order valence-electron chi connectivity index (χ4n) is 4.88. The Balaban J connectivity index is 1.65. The number of allylic oxidation sites excluding steroid dienone is 1. The summed E-state index contributed by atoms with van der Waals surface area (Å²) >= 11 is 0. The predicted molar refractivity (Wildman–Crippen MR) is 80.5 cm³/mol. The second-order valence-electron chi connectivity index (χ2n) is 7.08. The molecule has 3 saturated heterocycles. The van der Waals surface area contributed by atoms with Gasteiger partial charge < -0.3 is 4.74 Å². The molecule has 1 amide bonds. The second-order valence-corrected chi connectivity index (χ2v) is 7.08. The number of rotatable bonds is 1. The van der Waals surface area contributed by atoms with Crippen LogP contribution < -0.4 is 0 Å². The maximum atomic E-state index is 13.1. The minimum absolute atomic E-state index is 0.0901. The summed E-state index contributed by atoms with van der Waals surface area (Å²) in [5, 5.41) is 0. The van der Waals surface area contributed by atoms with E-state index in [1.807, 2.05) is 4.90 Å². The van der Waals surface area contributed by atoms with Crippen molar-refractivity contribution in [2.75, 3.05) is 13.1 Å². The molecular formula is C17H24N2O3. The molecule has 0 radical (unpaired) electrons. The van der Waals surface area contributed by atoms with Crippen LogP contribution in [0.3, 0.4) is 0 Å². The lowest BCUT2D eigenvalue weighted by molar-refractivity contribution is -0.171. The van der Waals surface area contributed by atoms with Crippen molar-refractivity contribution in [3.8, 4) is 0 Å². The monoisotopic (exact) mass is 304 g/mol. The third-order valence-electron chi connectivity index (χ3n) is 5.73.